The average molecular weight is 557 g/mol. The topological polar surface area (TPSA) is 103 Å². The second-order valence-corrected chi connectivity index (χ2v) is 9.56. The molecule has 202 valence electrons. The van der Waals surface area contributed by atoms with Crippen LogP contribution in [0.5, 0.6) is 0 Å². The number of hydrogen-bond donors (Lipinski definition) is 4. The third-order valence-electron chi connectivity index (χ3n) is 5.86. The Morgan fingerprint density at radius 3 is 2.21 bits per heavy atom. The fraction of sp³-hybridized carbons (Fsp3) is 0.179. The summed E-state index contributed by atoms with van der Waals surface area (Å²) < 4.78 is 38.3. The molecule has 0 aliphatic heterocycles. The molecule has 0 fully saturated rings. The van der Waals surface area contributed by atoms with E-state index in [1.807, 2.05) is 0 Å². The standard InChI is InChI=1S/C28H24ClF3N4O3/c1-15(2)25(37)33-14-16-3-9-22(29)21(11-16)26(38)35-20-8-10-23-17(12-20)13-24(36-23)27(39)34-19-6-4-18(5-7-19)28(30,31)32/h3-13,15,36H,14H2,1-2H3,(H,33,37)(H,34,39)(H,35,38). The number of aromatic nitrogens is 1. The number of H-pyrrole nitrogens is 1. The quantitative estimate of drug-likeness (QED) is 0.206. The first-order chi connectivity index (χ1) is 18.4. The fourth-order valence-corrected chi connectivity index (χ4v) is 3.93. The third kappa shape index (κ3) is 6.77. The van der Waals surface area contributed by atoms with Gasteiger partial charge in [0.1, 0.15) is 5.69 Å². The molecule has 4 aromatic rings. The number of nitrogens with one attached hydrogen (secondary N) is 4. The van der Waals surface area contributed by atoms with Crippen LogP contribution in [0.25, 0.3) is 10.9 Å². The minimum atomic E-state index is -4.47. The molecular formula is C28H24ClF3N4O3. The maximum absolute atomic E-state index is 12.9. The Morgan fingerprint density at radius 1 is 0.872 bits per heavy atom. The van der Waals surface area contributed by atoms with Gasteiger partial charge < -0.3 is 20.9 Å². The summed E-state index contributed by atoms with van der Waals surface area (Å²) >= 11 is 6.25. The molecule has 0 aliphatic rings. The van der Waals surface area contributed by atoms with Gasteiger partial charge in [0.15, 0.2) is 0 Å². The summed E-state index contributed by atoms with van der Waals surface area (Å²) in [6, 6.07) is 15.6. The van der Waals surface area contributed by atoms with Crippen molar-refractivity contribution in [3.05, 3.63) is 94.1 Å². The Hall–Kier alpha value is -4.31. The summed E-state index contributed by atoms with van der Waals surface area (Å²) in [5, 5.41) is 9.00. The van der Waals surface area contributed by atoms with E-state index in [2.05, 4.69) is 20.9 Å². The predicted octanol–water partition coefficient (Wildman–Crippen LogP) is 6.62. The number of carbonyl (C=O) groups is 3. The van der Waals surface area contributed by atoms with E-state index in [1.54, 1.807) is 56.3 Å². The smallest absolute Gasteiger partial charge is 0.352 e. The molecule has 39 heavy (non-hydrogen) atoms. The number of hydrogen-bond acceptors (Lipinski definition) is 3. The third-order valence-corrected chi connectivity index (χ3v) is 6.19. The van der Waals surface area contributed by atoms with E-state index in [0.717, 1.165) is 12.1 Å². The first-order valence-electron chi connectivity index (χ1n) is 11.9. The van der Waals surface area contributed by atoms with Crippen LogP contribution in [0.4, 0.5) is 24.5 Å². The molecule has 0 bridgehead atoms. The average Bonchev–Trinajstić information content (AvgIpc) is 3.31. The van der Waals surface area contributed by atoms with Gasteiger partial charge in [-0.1, -0.05) is 31.5 Å². The fourth-order valence-electron chi connectivity index (χ4n) is 3.72. The maximum Gasteiger partial charge on any atom is 0.416 e. The lowest BCUT2D eigenvalue weighted by atomic mass is 10.1. The normalized spacial score (nSPS) is 11.5. The summed E-state index contributed by atoms with van der Waals surface area (Å²) in [7, 11) is 0. The van der Waals surface area contributed by atoms with Gasteiger partial charge >= 0.3 is 6.18 Å². The van der Waals surface area contributed by atoms with Crippen molar-refractivity contribution in [2.75, 3.05) is 10.6 Å². The van der Waals surface area contributed by atoms with Gasteiger partial charge in [-0.15, -0.1) is 0 Å². The lowest BCUT2D eigenvalue weighted by Crippen LogP contribution is -2.27. The number of fused-ring (bicyclic) bond motifs is 1. The molecular weight excluding hydrogens is 533 g/mol. The van der Waals surface area contributed by atoms with Gasteiger partial charge in [-0.2, -0.15) is 13.2 Å². The second kappa shape index (κ2) is 11.2. The molecule has 0 saturated heterocycles. The van der Waals surface area contributed by atoms with Gasteiger partial charge in [-0.25, -0.2) is 0 Å². The zero-order valence-corrected chi connectivity index (χ0v) is 21.6. The maximum atomic E-state index is 12.9. The van der Waals surface area contributed by atoms with E-state index >= 15 is 0 Å². The molecule has 4 N–H and O–H groups in total. The highest BCUT2D eigenvalue weighted by Crippen LogP contribution is 2.30. The second-order valence-electron chi connectivity index (χ2n) is 9.16. The van der Waals surface area contributed by atoms with Crippen molar-refractivity contribution in [3.8, 4) is 0 Å². The SMILES string of the molecule is CC(C)C(=O)NCc1ccc(Cl)c(C(=O)Nc2ccc3[nH]c(C(=O)Nc4ccc(C(F)(F)F)cc4)cc3c2)c1. The van der Waals surface area contributed by atoms with Gasteiger partial charge in [-0.3, -0.25) is 14.4 Å². The van der Waals surface area contributed by atoms with Crippen LogP contribution in [0.15, 0.2) is 66.7 Å². The largest absolute Gasteiger partial charge is 0.416 e. The molecule has 11 heteroatoms. The number of carbonyl (C=O) groups excluding carboxylic acids is 3. The van der Waals surface area contributed by atoms with Gasteiger partial charge in [0, 0.05) is 34.7 Å². The van der Waals surface area contributed by atoms with Crippen LogP contribution in [0.3, 0.4) is 0 Å². The molecule has 0 atom stereocenters. The Morgan fingerprint density at radius 2 is 1.54 bits per heavy atom. The zero-order valence-electron chi connectivity index (χ0n) is 20.9. The lowest BCUT2D eigenvalue weighted by molar-refractivity contribution is -0.137. The first kappa shape index (κ1) is 27.7. The highest BCUT2D eigenvalue weighted by atomic mass is 35.5. The van der Waals surface area contributed by atoms with Crippen LogP contribution in [0, 0.1) is 5.92 Å². The van der Waals surface area contributed by atoms with E-state index in [1.165, 1.54) is 12.1 Å². The van der Waals surface area contributed by atoms with Crippen LogP contribution < -0.4 is 16.0 Å². The molecule has 7 nitrogen and oxygen atoms in total. The molecule has 1 heterocycles. The van der Waals surface area contributed by atoms with Crippen molar-refractivity contribution in [3.63, 3.8) is 0 Å². The van der Waals surface area contributed by atoms with E-state index in [-0.39, 0.29) is 40.3 Å². The van der Waals surface area contributed by atoms with Crippen molar-refractivity contribution in [2.24, 2.45) is 5.92 Å². The van der Waals surface area contributed by atoms with Crippen molar-refractivity contribution in [1.82, 2.24) is 10.3 Å². The number of alkyl halides is 3. The van der Waals surface area contributed by atoms with Crippen LogP contribution in [0.2, 0.25) is 5.02 Å². The number of benzene rings is 3. The number of rotatable bonds is 7. The van der Waals surface area contributed by atoms with Crippen molar-refractivity contribution < 1.29 is 27.6 Å². The molecule has 1 aromatic heterocycles. The minimum absolute atomic E-state index is 0.108. The number of anilines is 2. The van der Waals surface area contributed by atoms with E-state index in [9.17, 15) is 27.6 Å². The minimum Gasteiger partial charge on any atom is -0.352 e. The van der Waals surface area contributed by atoms with Crippen molar-refractivity contribution >= 4 is 51.6 Å². The van der Waals surface area contributed by atoms with Gasteiger partial charge in [-0.05, 0) is 66.2 Å². The summed E-state index contributed by atoms with van der Waals surface area (Å²) in [5.74, 6) is -1.26. The molecule has 3 aromatic carbocycles. The Kier molecular flexibility index (Phi) is 7.96. The molecule has 0 radical (unpaired) electrons. The molecule has 0 unspecified atom stereocenters. The van der Waals surface area contributed by atoms with E-state index < -0.39 is 23.6 Å². The molecule has 0 saturated carbocycles. The Bertz CT molecular complexity index is 1550. The lowest BCUT2D eigenvalue weighted by Gasteiger charge is -2.11. The highest BCUT2D eigenvalue weighted by molar-refractivity contribution is 6.34. The van der Waals surface area contributed by atoms with Gasteiger partial charge in [0.2, 0.25) is 5.91 Å². The molecule has 4 rings (SSSR count). The van der Waals surface area contributed by atoms with Crippen LogP contribution in [-0.4, -0.2) is 22.7 Å². The molecule has 0 aliphatic carbocycles. The van der Waals surface area contributed by atoms with E-state index in [4.69, 9.17) is 11.6 Å². The van der Waals surface area contributed by atoms with Gasteiger partial charge in [0.25, 0.3) is 11.8 Å². The summed E-state index contributed by atoms with van der Waals surface area (Å²) in [6.45, 7) is 3.82. The van der Waals surface area contributed by atoms with E-state index in [0.29, 0.717) is 22.2 Å². The van der Waals surface area contributed by atoms with Crippen molar-refractivity contribution in [1.29, 1.82) is 0 Å². The number of halogens is 4. The first-order valence-corrected chi connectivity index (χ1v) is 12.3. The highest BCUT2D eigenvalue weighted by Gasteiger charge is 2.30. The molecule has 3 amide bonds. The Labute approximate surface area is 226 Å². The van der Waals surface area contributed by atoms with Gasteiger partial charge in [0.05, 0.1) is 16.1 Å². The number of amides is 3. The molecule has 0 spiro atoms. The Balaban J connectivity index is 1.45. The summed E-state index contributed by atoms with van der Waals surface area (Å²) in [5.41, 5.74) is 1.60. The zero-order chi connectivity index (χ0) is 28.3. The predicted molar refractivity (Wildman–Crippen MR) is 144 cm³/mol. The van der Waals surface area contributed by atoms with Crippen LogP contribution in [-0.2, 0) is 17.5 Å². The summed E-state index contributed by atoms with van der Waals surface area (Å²) in [6.07, 6.45) is -4.47. The van der Waals surface area contributed by atoms with Crippen LogP contribution in [0.1, 0.15) is 45.8 Å². The van der Waals surface area contributed by atoms with Crippen LogP contribution >= 0.6 is 11.6 Å². The summed E-state index contributed by atoms with van der Waals surface area (Å²) in [4.78, 5) is 40.4. The van der Waals surface area contributed by atoms with Crippen molar-refractivity contribution in [2.45, 2.75) is 26.6 Å². The number of aromatic amines is 1. The monoisotopic (exact) mass is 556 g/mol.